The largest absolute Gasteiger partial charge is 0.431 e. The first-order valence-corrected chi connectivity index (χ1v) is 8.87. The number of hydrogen-bond donors (Lipinski definition) is 4. The lowest BCUT2D eigenvalue weighted by atomic mass is 10.1. The Morgan fingerprint density at radius 3 is 2.93 bits per heavy atom. The highest BCUT2D eigenvalue weighted by molar-refractivity contribution is 6.34. The van der Waals surface area contributed by atoms with E-state index in [1.54, 1.807) is 24.4 Å². The van der Waals surface area contributed by atoms with Crippen LogP contribution in [-0.2, 0) is 0 Å². The van der Waals surface area contributed by atoms with Gasteiger partial charge in [0, 0.05) is 24.5 Å². The first-order chi connectivity index (χ1) is 13.0. The number of aliphatic imine (C=N–C) groups is 1. The average molecular weight is 391 g/mol. The van der Waals surface area contributed by atoms with Crippen molar-refractivity contribution in [3.05, 3.63) is 46.9 Å². The van der Waals surface area contributed by atoms with Crippen LogP contribution >= 0.6 is 11.6 Å². The molecule has 27 heavy (non-hydrogen) atoms. The fourth-order valence-electron chi connectivity index (χ4n) is 2.23. The van der Waals surface area contributed by atoms with Crippen molar-refractivity contribution in [2.24, 2.45) is 10.7 Å². The fraction of sp³-hybridized carbons (Fsp3) is 0.278. The van der Waals surface area contributed by atoms with E-state index in [9.17, 15) is 4.79 Å². The third-order valence-electron chi connectivity index (χ3n) is 3.60. The molecule has 1 heterocycles. The van der Waals surface area contributed by atoms with Crippen molar-refractivity contribution in [2.45, 2.75) is 13.3 Å². The van der Waals surface area contributed by atoms with E-state index in [4.69, 9.17) is 27.5 Å². The Morgan fingerprint density at radius 2 is 2.26 bits per heavy atom. The maximum Gasteiger partial charge on any atom is 0.292 e. The summed E-state index contributed by atoms with van der Waals surface area (Å²) in [5.41, 5.74) is 13.1. The highest BCUT2D eigenvalue weighted by Gasteiger charge is 2.13. The summed E-state index contributed by atoms with van der Waals surface area (Å²) < 4.78 is 4.84. The van der Waals surface area contributed by atoms with Gasteiger partial charge in [0.1, 0.15) is 6.26 Å². The predicted octanol–water partition coefficient (Wildman–Crippen LogP) is 2.53. The molecule has 1 aromatic heterocycles. The lowest BCUT2D eigenvalue weighted by Crippen LogP contribution is -2.14. The van der Waals surface area contributed by atoms with Crippen LogP contribution < -0.4 is 22.1 Å². The smallest absolute Gasteiger partial charge is 0.292 e. The SMILES string of the molecule is CCNCCCN=CC(=CN)c1ccc(Cl)c(NC(=O)c2coc(N)n2)c1. The summed E-state index contributed by atoms with van der Waals surface area (Å²) >= 11 is 6.18. The van der Waals surface area contributed by atoms with Crippen LogP contribution in [0.15, 0.2) is 40.1 Å². The number of oxazole rings is 1. The maximum absolute atomic E-state index is 12.2. The zero-order valence-electron chi connectivity index (χ0n) is 15.0. The molecule has 2 aromatic rings. The van der Waals surface area contributed by atoms with Crippen molar-refractivity contribution in [3.63, 3.8) is 0 Å². The fourth-order valence-corrected chi connectivity index (χ4v) is 2.39. The van der Waals surface area contributed by atoms with E-state index in [2.05, 4.69) is 27.5 Å². The van der Waals surface area contributed by atoms with Gasteiger partial charge in [-0.1, -0.05) is 24.6 Å². The number of rotatable bonds is 9. The second kappa shape index (κ2) is 10.3. The van der Waals surface area contributed by atoms with Crippen molar-refractivity contribution in [2.75, 3.05) is 30.7 Å². The molecule has 144 valence electrons. The molecule has 0 bridgehead atoms. The molecule has 0 radical (unpaired) electrons. The van der Waals surface area contributed by atoms with Crippen LogP contribution in [0.2, 0.25) is 5.02 Å². The number of hydrogen-bond acceptors (Lipinski definition) is 7. The third-order valence-corrected chi connectivity index (χ3v) is 3.93. The minimum absolute atomic E-state index is 0.0609. The number of carbonyl (C=O) groups excluding carboxylic acids is 1. The molecule has 9 heteroatoms. The Kier molecular flexibility index (Phi) is 7.84. The van der Waals surface area contributed by atoms with Gasteiger partial charge in [-0.3, -0.25) is 9.79 Å². The minimum atomic E-state index is -0.482. The summed E-state index contributed by atoms with van der Waals surface area (Å²) in [5.74, 6) is -0.482. The molecule has 1 aromatic carbocycles. The molecule has 0 aliphatic heterocycles. The van der Waals surface area contributed by atoms with Gasteiger partial charge in [-0.15, -0.1) is 0 Å². The Morgan fingerprint density at radius 1 is 1.44 bits per heavy atom. The van der Waals surface area contributed by atoms with Gasteiger partial charge in [-0.2, -0.15) is 4.98 Å². The zero-order valence-corrected chi connectivity index (χ0v) is 15.8. The molecule has 1 amide bonds. The summed E-state index contributed by atoms with van der Waals surface area (Å²) in [7, 11) is 0. The van der Waals surface area contributed by atoms with E-state index in [0.29, 0.717) is 17.3 Å². The Balaban J connectivity index is 2.08. The van der Waals surface area contributed by atoms with Gasteiger partial charge in [-0.25, -0.2) is 0 Å². The molecule has 0 aliphatic carbocycles. The molecule has 0 aliphatic rings. The number of benzene rings is 1. The van der Waals surface area contributed by atoms with E-state index in [-0.39, 0.29) is 11.7 Å². The summed E-state index contributed by atoms with van der Waals surface area (Å²) in [6, 6.07) is 5.10. The van der Waals surface area contributed by atoms with Crippen molar-refractivity contribution in [1.29, 1.82) is 0 Å². The van der Waals surface area contributed by atoms with Crippen LogP contribution in [0.3, 0.4) is 0 Å². The maximum atomic E-state index is 12.2. The van der Waals surface area contributed by atoms with Crippen LogP contribution in [0, 0.1) is 0 Å². The van der Waals surface area contributed by atoms with Crippen LogP contribution in [-0.4, -0.2) is 36.7 Å². The highest BCUT2D eigenvalue weighted by Crippen LogP contribution is 2.26. The van der Waals surface area contributed by atoms with Gasteiger partial charge < -0.3 is 26.5 Å². The van der Waals surface area contributed by atoms with Gasteiger partial charge in [-0.05, 0) is 37.2 Å². The molecule has 0 saturated carbocycles. The molecule has 0 spiro atoms. The quantitative estimate of drug-likeness (QED) is 0.384. The molecule has 0 atom stereocenters. The minimum Gasteiger partial charge on any atom is -0.431 e. The number of allylic oxidation sites excluding steroid dienone is 1. The van der Waals surface area contributed by atoms with Gasteiger partial charge in [0.2, 0.25) is 0 Å². The van der Waals surface area contributed by atoms with Gasteiger partial charge in [0.15, 0.2) is 5.69 Å². The van der Waals surface area contributed by atoms with Crippen LogP contribution in [0.4, 0.5) is 11.7 Å². The zero-order chi connectivity index (χ0) is 19.6. The first-order valence-electron chi connectivity index (χ1n) is 8.49. The summed E-state index contributed by atoms with van der Waals surface area (Å²) in [4.78, 5) is 20.4. The summed E-state index contributed by atoms with van der Waals surface area (Å²) in [6.45, 7) is 4.61. The van der Waals surface area contributed by atoms with E-state index >= 15 is 0 Å². The molecule has 0 fully saturated rings. The Hall–Kier alpha value is -2.84. The number of aromatic nitrogens is 1. The van der Waals surface area contributed by atoms with Crippen molar-refractivity contribution >= 4 is 41.0 Å². The van der Waals surface area contributed by atoms with Crippen LogP contribution in [0.5, 0.6) is 0 Å². The number of nitrogen functional groups attached to an aromatic ring is 1. The number of nitrogens with one attached hydrogen (secondary N) is 2. The van der Waals surface area contributed by atoms with Crippen LogP contribution in [0.25, 0.3) is 5.57 Å². The summed E-state index contributed by atoms with van der Waals surface area (Å²) in [5, 5.41) is 6.30. The van der Waals surface area contributed by atoms with Crippen molar-refractivity contribution in [3.8, 4) is 0 Å². The van der Waals surface area contributed by atoms with Crippen molar-refractivity contribution in [1.82, 2.24) is 10.3 Å². The van der Waals surface area contributed by atoms with Crippen molar-refractivity contribution < 1.29 is 9.21 Å². The number of anilines is 2. The topological polar surface area (TPSA) is 132 Å². The Bertz CT molecular complexity index is 831. The summed E-state index contributed by atoms with van der Waals surface area (Å²) in [6.07, 6.45) is 5.28. The van der Waals surface area contributed by atoms with E-state index in [0.717, 1.165) is 30.6 Å². The lowest BCUT2D eigenvalue weighted by Gasteiger charge is -2.09. The molecule has 2 rings (SSSR count). The number of nitrogens with two attached hydrogens (primary N) is 2. The van der Waals surface area contributed by atoms with Gasteiger partial charge in [0.05, 0.1) is 10.7 Å². The second-order valence-electron chi connectivity index (χ2n) is 5.58. The number of carbonyl (C=O) groups is 1. The second-order valence-corrected chi connectivity index (χ2v) is 5.99. The van der Waals surface area contributed by atoms with E-state index in [1.807, 2.05) is 0 Å². The molecule has 6 N–H and O–H groups in total. The Labute approximate surface area is 162 Å². The monoisotopic (exact) mass is 390 g/mol. The number of nitrogens with zero attached hydrogens (tertiary/aromatic N) is 2. The molecular weight excluding hydrogens is 368 g/mol. The highest BCUT2D eigenvalue weighted by atomic mass is 35.5. The lowest BCUT2D eigenvalue weighted by molar-refractivity contribution is 0.102. The van der Waals surface area contributed by atoms with E-state index < -0.39 is 5.91 Å². The van der Waals surface area contributed by atoms with Gasteiger partial charge >= 0.3 is 0 Å². The normalized spacial score (nSPS) is 11.9. The molecule has 8 nitrogen and oxygen atoms in total. The first kappa shape index (κ1) is 20.5. The third kappa shape index (κ3) is 6.12. The molecule has 0 saturated heterocycles. The predicted molar refractivity (Wildman–Crippen MR) is 109 cm³/mol. The standard InChI is InChI=1S/C18H23ClN6O2/c1-2-22-6-3-7-23-10-13(9-20)12-4-5-14(19)15(8-12)24-17(26)16-11-27-18(21)25-16/h4-5,8-11,22H,2-3,6-7,20H2,1H3,(H2,21,25)(H,24,26). The number of amides is 1. The molecular formula is C18H23ClN6O2. The average Bonchev–Trinajstić information content (AvgIpc) is 3.10. The van der Waals surface area contributed by atoms with Gasteiger partial charge in [0.25, 0.3) is 11.9 Å². The van der Waals surface area contributed by atoms with Crippen LogP contribution in [0.1, 0.15) is 29.4 Å². The molecule has 0 unspecified atom stereocenters. The number of halogens is 1. The van der Waals surface area contributed by atoms with E-state index in [1.165, 1.54) is 12.5 Å².